The van der Waals surface area contributed by atoms with Gasteiger partial charge in [-0.05, 0) is 50.6 Å². The summed E-state index contributed by atoms with van der Waals surface area (Å²) < 4.78 is 41.4. The Labute approximate surface area is 249 Å². The van der Waals surface area contributed by atoms with Gasteiger partial charge in [-0.3, -0.25) is 19.6 Å². The lowest BCUT2D eigenvalue weighted by Crippen LogP contribution is -2.71. The van der Waals surface area contributed by atoms with Crippen molar-refractivity contribution in [2.24, 2.45) is 5.16 Å². The molecule has 0 bridgehead atoms. The van der Waals surface area contributed by atoms with Gasteiger partial charge < -0.3 is 36.4 Å². The van der Waals surface area contributed by atoms with Crippen LogP contribution in [0, 0.1) is 5.41 Å². The van der Waals surface area contributed by atoms with Gasteiger partial charge >= 0.3 is 16.3 Å². The number of carboxylic acids is 1. The van der Waals surface area contributed by atoms with E-state index in [2.05, 4.69) is 30.5 Å². The van der Waals surface area contributed by atoms with Crippen LogP contribution >= 0.6 is 11.5 Å². The van der Waals surface area contributed by atoms with Crippen LogP contribution in [0.2, 0.25) is 0 Å². The van der Waals surface area contributed by atoms with Crippen LogP contribution in [0.5, 0.6) is 5.75 Å². The fourth-order valence-electron chi connectivity index (χ4n) is 4.24. The van der Waals surface area contributed by atoms with Crippen molar-refractivity contribution >= 4 is 56.3 Å². The number of aliphatic carboxylic acids is 1. The normalized spacial score (nSPS) is 21.3. The Morgan fingerprint density at radius 1 is 1.33 bits per heavy atom. The summed E-state index contributed by atoms with van der Waals surface area (Å²) in [7, 11) is -4.83. The maximum absolute atomic E-state index is 13.0. The molecule has 0 aliphatic carbocycles. The largest absolute Gasteiger partial charge is 0.489 e. The third-order valence-electron chi connectivity index (χ3n) is 6.48. The fourth-order valence-corrected chi connectivity index (χ4v) is 5.56. The number of aromatic nitrogens is 2. The lowest BCUT2D eigenvalue weighted by atomic mass is 10.0. The minimum absolute atomic E-state index is 0.0543. The molecular formula is C23H29N9O9S2. The van der Waals surface area contributed by atoms with E-state index in [1.807, 2.05) is 0 Å². The van der Waals surface area contributed by atoms with Crippen LogP contribution in [0.1, 0.15) is 31.2 Å². The highest BCUT2D eigenvalue weighted by Gasteiger charge is 2.51. The molecule has 2 saturated heterocycles. The number of carbonyl (C=O) groups is 3. The SMILES string of the molecule is C[C@H]1[C@H](NC(=O)/C(=N\O[C@@H](COc2ccc(C(=N)N[C@H]3CCCNC3)cc2)C(=O)O)c2nsc(N)n2)C(=O)N1S(=O)(=O)O. The fraction of sp³-hybridized carbons (Fsp3) is 0.435. The molecule has 0 saturated carbocycles. The van der Waals surface area contributed by atoms with Gasteiger partial charge in [0, 0.05) is 29.7 Å². The number of hydrogen-bond donors (Lipinski definition) is 7. The molecule has 0 radical (unpaired) electrons. The molecule has 4 rings (SSSR count). The molecule has 1 aromatic heterocycles. The number of nitrogen functional groups attached to an aromatic ring is 1. The van der Waals surface area contributed by atoms with E-state index in [-0.39, 0.29) is 32.9 Å². The molecule has 2 aliphatic rings. The Hall–Kier alpha value is -4.40. The maximum Gasteiger partial charge on any atom is 0.362 e. The summed E-state index contributed by atoms with van der Waals surface area (Å²) in [5.41, 5.74) is 5.55. The molecule has 1 aromatic carbocycles. The van der Waals surface area contributed by atoms with E-state index < -0.39 is 58.6 Å². The summed E-state index contributed by atoms with van der Waals surface area (Å²) in [6.45, 7) is 2.45. The van der Waals surface area contributed by atoms with Crippen LogP contribution in [0.25, 0.3) is 0 Å². The number of carbonyl (C=O) groups excluding carboxylic acids is 2. The van der Waals surface area contributed by atoms with Gasteiger partial charge in [0.25, 0.3) is 17.9 Å². The number of β-lactam (4-membered cyclic amide) rings is 1. The second-order valence-electron chi connectivity index (χ2n) is 9.53. The van der Waals surface area contributed by atoms with Gasteiger partial charge in [0.2, 0.25) is 11.5 Å². The average molecular weight is 640 g/mol. The van der Waals surface area contributed by atoms with Crippen molar-refractivity contribution in [1.29, 1.82) is 5.41 Å². The number of hydrogen-bond acceptors (Lipinski definition) is 14. The number of carboxylic acid groups (broad SMARTS) is 1. The Bertz CT molecular complexity index is 1510. The van der Waals surface area contributed by atoms with Crippen molar-refractivity contribution in [1.82, 2.24) is 29.6 Å². The second-order valence-corrected chi connectivity index (χ2v) is 11.6. The van der Waals surface area contributed by atoms with Crippen molar-refractivity contribution in [3.05, 3.63) is 35.7 Å². The number of nitrogens with one attached hydrogen (secondary N) is 4. The molecule has 4 atom stereocenters. The number of amides is 2. The second kappa shape index (κ2) is 13.3. The third-order valence-corrected chi connectivity index (χ3v) is 8.03. The van der Waals surface area contributed by atoms with Crippen LogP contribution in [0.3, 0.4) is 0 Å². The first-order valence-corrected chi connectivity index (χ1v) is 15.0. The van der Waals surface area contributed by atoms with Crippen molar-refractivity contribution < 1.29 is 42.0 Å². The standard InChI is InChI=1S/C23H29N9O9S2/c1-11-16(21(34)32(11)43(37,38)39)28-20(33)17(19-29-23(25)42-31-19)30-41-15(22(35)36)10-40-14-6-4-12(5-7-14)18(24)27-13-3-2-8-26-9-13/h4-7,11,13,15-16,26H,2-3,8-10H2,1H3,(H2,24,27)(H,28,33)(H,35,36)(H2,25,29,31)(H,37,38,39)/b30-17-/t11-,13-,15-,16-/m0/s1. The van der Waals surface area contributed by atoms with Crippen molar-refractivity contribution in [2.75, 3.05) is 25.4 Å². The van der Waals surface area contributed by atoms with Gasteiger partial charge in [0.05, 0.1) is 6.04 Å². The number of nitrogens with two attached hydrogens (primary N) is 1. The number of amidine groups is 1. The first-order chi connectivity index (χ1) is 20.3. The first-order valence-electron chi connectivity index (χ1n) is 12.8. The molecule has 3 heterocycles. The van der Waals surface area contributed by atoms with Gasteiger partial charge in [-0.15, -0.1) is 0 Å². The predicted molar refractivity (Wildman–Crippen MR) is 151 cm³/mol. The number of oxime groups is 1. The molecule has 20 heteroatoms. The van der Waals surface area contributed by atoms with Crippen LogP contribution < -0.4 is 26.4 Å². The number of ether oxygens (including phenoxy) is 1. The van der Waals surface area contributed by atoms with E-state index in [0.29, 0.717) is 17.1 Å². The lowest BCUT2D eigenvalue weighted by molar-refractivity contribution is -0.152. The minimum atomic E-state index is -4.83. The zero-order valence-corrected chi connectivity index (χ0v) is 24.2. The van der Waals surface area contributed by atoms with Gasteiger partial charge in [-0.1, -0.05) is 5.16 Å². The molecule has 0 spiro atoms. The number of piperidine rings is 1. The van der Waals surface area contributed by atoms with Crippen molar-refractivity contribution in [2.45, 2.75) is 44.0 Å². The van der Waals surface area contributed by atoms with Crippen LogP contribution in [-0.2, 0) is 29.5 Å². The molecule has 2 amide bonds. The number of anilines is 1. The predicted octanol–water partition coefficient (Wildman–Crippen LogP) is -1.44. The summed E-state index contributed by atoms with van der Waals surface area (Å²) in [6.07, 6.45) is 0.260. The van der Waals surface area contributed by atoms with E-state index in [0.717, 1.165) is 25.9 Å². The zero-order valence-electron chi connectivity index (χ0n) is 22.6. The molecule has 2 aliphatic heterocycles. The Morgan fingerprint density at radius 3 is 2.60 bits per heavy atom. The molecule has 232 valence electrons. The quantitative estimate of drug-likeness (QED) is 0.0461. The van der Waals surface area contributed by atoms with Gasteiger partial charge in [0.15, 0.2) is 5.13 Å². The highest BCUT2D eigenvalue weighted by atomic mass is 32.2. The molecule has 2 aromatic rings. The number of rotatable bonds is 12. The summed E-state index contributed by atoms with van der Waals surface area (Å²) in [4.78, 5) is 45.9. The van der Waals surface area contributed by atoms with Crippen LogP contribution in [-0.4, -0.2) is 105 Å². The lowest BCUT2D eigenvalue weighted by Gasteiger charge is -2.42. The summed E-state index contributed by atoms with van der Waals surface area (Å²) in [5.74, 6) is -3.50. The molecule has 0 unspecified atom stereocenters. The van der Waals surface area contributed by atoms with Crippen LogP contribution in [0.15, 0.2) is 29.4 Å². The van der Waals surface area contributed by atoms with Crippen molar-refractivity contribution in [3.63, 3.8) is 0 Å². The monoisotopic (exact) mass is 639 g/mol. The molecule has 8 N–H and O–H groups in total. The topological polar surface area (TPSA) is 272 Å². The van der Waals surface area contributed by atoms with E-state index in [4.69, 9.17) is 25.3 Å². The maximum atomic E-state index is 13.0. The smallest absolute Gasteiger partial charge is 0.362 e. The highest BCUT2D eigenvalue weighted by molar-refractivity contribution is 7.84. The Morgan fingerprint density at radius 2 is 2.05 bits per heavy atom. The van der Waals surface area contributed by atoms with Gasteiger partial charge in [-0.2, -0.15) is 17.8 Å². The highest BCUT2D eigenvalue weighted by Crippen LogP contribution is 2.23. The van der Waals surface area contributed by atoms with Gasteiger partial charge in [0.1, 0.15) is 24.2 Å². The summed E-state index contributed by atoms with van der Waals surface area (Å²) in [6, 6.07) is 4.06. The van der Waals surface area contributed by atoms with Gasteiger partial charge in [-0.25, -0.2) is 9.10 Å². The Kier molecular flexibility index (Phi) is 9.73. The third kappa shape index (κ3) is 7.71. The van der Waals surface area contributed by atoms with Crippen molar-refractivity contribution in [3.8, 4) is 5.75 Å². The number of benzene rings is 1. The van der Waals surface area contributed by atoms with Crippen LogP contribution in [0.4, 0.5) is 5.13 Å². The van der Waals surface area contributed by atoms with E-state index in [9.17, 15) is 27.9 Å². The molecule has 43 heavy (non-hydrogen) atoms. The minimum Gasteiger partial charge on any atom is -0.489 e. The van der Waals surface area contributed by atoms with E-state index in [1.54, 1.807) is 24.3 Å². The molecule has 2 fully saturated rings. The number of nitrogens with zero attached hydrogens (tertiary/aromatic N) is 4. The molecule has 18 nitrogen and oxygen atoms in total. The van der Waals surface area contributed by atoms with E-state index in [1.165, 1.54) is 6.92 Å². The Balaban J connectivity index is 1.40. The summed E-state index contributed by atoms with van der Waals surface area (Å²) in [5, 5.41) is 30.1. The first kappa shape index (κ1) is 31.5. The average Bonchev–Trinajstić information content (AvgIpc) is 3.39. The zero-order chi connectivity index (χ0) is 31.3. The molecular weight excluding hydrogens is 610 g/mol. The van der Waals surface area contributed by atoms with E-state index >= 15 is 0 Å². The summed E-state index contributed by atoms with van der Waals surface area (Å²) >= 11 is 0.703.